The van der Waals surface area contributed by atoms with Crippen LogP contribution in [0.5, 0.6) is 0 Å². The molecule has 2 heterocycles. The topological polar surface area (TPSA) is 85.6 Å². The van der Waals surface area contributed by atoms with E-state index >= 15 is 0 Å². The van der Waals surface area contributed by atoms with E-state index in [1.165, 1.54) is 0 Å². The van der Waals surface area contributed by atoms with Crippen LogP contribution in [-0.4, -0.2) is 37.1 Å². The SMILES string of the molecule is CCC(c1nn2cccc2c(=O)n1Cc1ccccc1)N(CCC(C)(C)N)C(=O)c1ccc(Cl)cc1. The van der Waals surface area contributed by atoms with Crippen molar-refractivity contribution in [1.82, 2.24) is 19.1 Å². The number of halogens is 1. The summed E-state index contributed by atoms with van der Waals surface area (Å²) in [4.78, 5) is 29.2. The molecule has 8 heteroatoms. The lowest BCUT2D eigenvalue weighted by molar-refractivity contribution is 0.0640. The van der Waals surface area contributed by atoms with Crippen molar-refractivity contribution < 1.29 is 4.79 Å². The van der Waals surface area contributed by atoms with E-state index < -0.39 is 11.6 Å². The van der Waals surface area contributed by atoms with Gasteiger partial charge in [0.15, 0.2) is 5.82 Å². The first-order chi connectivity index (χ1) is 17.2. The normalized spacial score (nSPS) is 12.6. The Morgan fingerprint density at radius 1 is 1.08 bits per heavy atom. The van der Waals surface area contributed by atoms with E-state index in [4.69, 9.17) is 22.4 Å². The van der Waals surface area contributed by atoms with Crippen molar-refractivity contribution in [3.8, 4) is 0 Å². The predicted molar refractivity (Wildman–Crippen MR) is 143 cm³/mol. The molecular formula is C28H32ClN5O2. The molecular weight excluding hydrogens is 474 g/mol. The number of carbonyl (C=O) groups excluding carboxylic acids is 1. The summed E-state index contributed by atoms with van der Waals surface area (Å²) in [7, 11) is 0. The molecule has 0 saturated heterocycles. The van der Waals surface area contributed by atoms with Gasteiger partial charge in [-0.05, 0) is 68.7 Å². The highest BCUT2D eigenvalue weighted by Crippen LogP contribution is 2.27. The van der Waals surface area contributed by atoms with E-state index in [0.29, 0.717) is 47.9 Å². The third-order valence-electron chi connectivity index (χ3n) is 6.27. The van der Waals surface area contributed by atoms with E-state index in [1.807, 2.05) is 51.1 Å². The van der Waals surface area contributed by atoms with Crippen molar-refractivity contribution in [1.29, 1.82) is 0 Å². The average molecular weight is 506 g/mol. The van der Waals surface area contributed by atoms with Gasteiger partial charge in [0.25, 0.3) is 11.5 Å². The fourth-order valence-corrected chi connectivity index (χ4v) is 4.44. The molecule has 0 fully saturated rings. The molecule has 0 saturated carbocycles. The minimum Gasteiger partial charge on any atom is -0.328 e. The van der Waals surface area contributed by atoms with Crippen molar-refractivity contribution in [2.45, 2.75) is 51.7 Å². The van der Waals surface area contributed by atoms with Gasteiger partial charge in [-0.2, -0.15) is 5.10 Å². The first-order valence-electron chi connectivity index (χ1n) is 12.2. The number of benzene rings is 2. The van der Waals surface area contributed by atoms with Crippen molar-refractivity contribution in [3.63, 3.8) is 0 Å². The first-order valence-corrected chi connectivity index (χ1v) is 12.5. The average Bonchev–Trinajstić information content (AvgIpc) is 3.33. The molecule has 188 valence electrons. The molecule has 1 unspecified atom stereocenters. The van der Waals surface area contributed by atoms with E-state index in [9.17, 15) is 9.59 Å². The van der Waals surface area contributed by atoms with Gasteiger partial charge in [-0.1, -0.05) is 48.9 Å². The molecule has 0 aliphatic rings. The van der Waals surface area contributed by atoms with Crippen LogP contribution in [0.1, 0.15) is 61.4 Å². The Morgan fingerprint density at radius 2 is 1.78 bits per heavy atom. The molecule has 7 nitrogen and oxygen atoms in total. The standard InChI is InChI=1S/C28H32ClN5O2/c1-4-23(32(18-16-28(2,3)30)26(35)21-12-14-22(29)15-13-21)25-31-34-17-8-11-24(34)27(36)33(25)19-20-9-6-5-7-10-20/h5-15,17,23H,4,16,18-19,30H2,1-3H3. The van der Waals surface area contributed by atoms with Gasteiger partial charge < -0.3 is 10.6 Å². The number of amides is 1. The Kier molecular flexibility index (Phi) is 7.62. The van der Waals surface area contributed by atoms with Gasteiger partial charge in [-0.15, -0.1) is 0 Å². The van der Waals surface area contributed by atoms with Gasteiger partial charge in [0.2, 0.25) is 0 Å². The Balaban J connectivity index is 1.85. The first kappa shape index (κ1) is 25.7. The smallest absolute Gasteiger partial charge is 0.278 e. The molecule has 2 aromatic heterocycles. The Hall–Kier alpha value is -3.42. The largest absolute Gasteiger partial charge is 0.328 e. The van der Waals surface area contributed by atoms with Crippen molar-refractivity contribution >= 4 is 23.0 Å². The lowest BCUT2D eigenvalue weighted by atomic mass is 10.0. The van der Waals surface area contributed by atoms with Gasteiger partial charge in [0.1, 0.15) is 5.52 Å². The van der Waals surface area contributed by atoms with Crippen LogP contribution in [0, 0.1) is 0 Å². The van der Waals surface area contributed by atoms with Crippen molar-refractivity contribution in [2.75, 3.05) is 6.54 Å². The molecule has 36 heavy (non-hydrogen) atoms. The van der Waals surface area contributed by atoms with E-state index in [1.54, 1.807) is 56.6 Å². The third-order valence-corrected chi connectivity index (χ3v) is 6.52. The van der Waals surface area contributed by atoms with Crippen molar-refractivity contribution in [2.24, 2.45) is 5.73 Å². The van der Waals surface area contributed by atoms with Crippen LogP contribution in [0.15, 0.2) is 77.7 Å². The second-order valence-electron chi connectivity index (χ2n) is 9.74. The quantitative estimate of drug-likeness (QED) is 0.350. The second kappa shape index (κ2) is 10.7. The maximum absolute atomic E-state index is 13.8. The third kappa shape index (κ3) is 5.69. The van der Waals surface area contributed by atoms with E-state index in [2.05, 4.69) is 0 Å². The molecule has 0 aliphatic carbocycles. The summed E-state index contributed by atoms with van der Waals surface area (Å²) in [5.74, 6) is 0.378. The van der Waals surface area contributed by atoms with Crippen LogP contribution in [0.4, 0.5) is 0 Å². The zero-order chi connectivity index (χ0) is 25.9. The molecule has 0 bridgehead atoms. The summed E-state index contributed by atoms with van der Waals surface area (Å²) >= 11 is 6.07. The maximum Gasteiger partial charge on any atom is 0.278 e. The van der Waals surface area contributed by atoms with Crippen molar-refractivity contribution in [3.05, 3.63) is 105 Å². The van der Waals surface area contributed by atoms with Crippen LogP contribution in [0.2, 0.25) is 5.02 Å². The molecule has 0 radical (unpaired) electrons. The monoisotopic (exact) mass is 505 g/mol. The number of carbonyl (C=O) groups is 1. The zero-order valence-electron chi connectivity index (χ0n) is 20.9. The van der Waals surface area contributed by atoms with Gasteiger partial charge in [0.05, 0.1) is 12.6 Å². The number of hydrogen-bond acceptors (Lipinski definition) is 4. The van der Waals surface area contributed by atoms with Crippen LogP contribution >= 0.6 is 11.6 Å². The maximum atomic E-state index is 13.8. The lowest BCUT2D eigenvalue weighted by Gasteiger charge is -2.34. The highest BCUT2D eigenvalue weighted by Gasteiger charge is 2.30. The molecule has 1 amide bonds. The van der Waals surface area contributed by atoms with Crippen LogP contribution in [-0.2, 0) is 6.54 Å². The molecule has 2 aromatic carbocycles. The summed E-state index contributed by atoms with van der Waals surface area (Å²) in [5, 5.41) is 5.41. The summed E-state index contributed by atoms with van der Waals surface area (Å²) in [6.07, 6.45) is 2.91. The Labute approximate surface area is 216 Å². The summed E-state index contributed by atoms with van der Waals surface area (Å²) < 4.78 is 3.29. The van der Waals surface area contributed by atoms with Gasteiger partial charge >= 0.3 is 0 Å². The molecule has 0 aliphatic heterocycles. The predicted octanol–water partition coefficient (Wildman–Crippen LogP) is 4.92. The minimum atomic E-state index is -0.474. The van der Waals surface area contributed by atoms with Gasteiger partial charge in [-0.25, -0.2) is 4.52 Å². The van der Waals surface area contributed by atoms with E-state index in [-0.39, 0.29) is 11.5 Å². The number of nitrogens with zero attached hydrogens (tertiary/aromatic N) is 4. The van der Waals surface area contributed by atoms with Gasteiger partial charge in [0, 0.05) is 28.9 Å². The summed E-state index contributed by atoms with van der Waals surface area (Å²) in [6.45, 7) is 6.64. The number of nitrogens with two attached hydrogens (primary N) is 1. The van der Waals surface area contributed by atoms with E-state index in [0.717, 1.165) is 5.56 Å². The van der Waals surface area contributed by atoms with Crippen LogP contribution < -0.4 is 11.3 Å². The highest BCUT2D eigenvalue weighted by molar-refractivity contribution is 6.30. The van der Waals surface area contributed by atoms with Crippen LogP contribution in [0.25, 0.3) is 5.52 Å². The minimum absolute atomic E-state index is 0.148. The zero-order valence-corrected chi connectivity index (χ0v) is 21.7. The summed E-state index contributed by atoms with van der Waals surface area (Å²) in [5.41, 5.74) is 7.68. The molecule has 4 aromatic rings. The summed E-state index contributed by atoms with van der Waals surface area (Å²) in [6, 6.07) is 19.8. The number of rotatable bonds is 9. The Bertz CT molecular complexity index is 1390. The number of hydrogen-bond donors (Lipinski definition) is 1. The fraction of sp³-hybridized carbons (Fsp3) is 0.321. The number of fused-ring (bicyclic) bond motifs is 1. The highest BCUT2D eigenvalue weighted by atomic mass is 35.5. The Morgan fingerprint density at radius 3 is 2.42 bits per heavy atom. The lowest BCUT2D eigenvalue weighted by Crippen LogP contribution is -2.43. The fourth-order valence-electron chi connectivity index (χ4n) is 4.31. The molecule has 4 rings (SSSR count). The second-order valence-corrected chi connectivity index (χ2v) is 10.2. The molecule has 1 atom stereocenters. The molecule has 0 spiro atoms. The van der Waals surface area contributed by atoms with Gasteiger partial charge in [-0.3, -0.25) is 14.2 Å². The molecule has 2 N–H and O–H groups in total. The number of aromatic nitrogens is 3. The van der Waals surface area contributed by atoms with Crippen LogP contribution in [0.3, 0.4) is 0 Å².